The van der Waals surface area contributed by atoms with Crippen LogP contribution in [0.3, 0.4) is 0 Å². The molecule has 0 heterocycles. The predicted octanol–water partition coefficient (Wildman–Crippen LogP) is 10.3. The second-order valence-corrected chi connectivity index (χ2v) is 32.3. The summed E-state index contributed by atoms with van der Waals surface area (Å²) in [6.07, 6.45) is 20.6. The summed E-state index contributed by atoms with van der Waals surface area (Å²) < 4.78 is 24.1. The number of hydrogen-bond acceptors (Lipinski definition) is 4. The van der Waals surface area contributed by atoms with E-state index in [2.05, 4.69) is 39.8 Å². The van der Waals surface area contributed by atoms with Gasteiger partial charge in [0.15, 0.2) is 0 Å². The molecule has 0 saturated carbocycles. The SMILES string of the molecule is CCCCC[CH2][Sn]([CH2]CCCCC)([N]=C=S)[O][Sn]([CH2]CCCCC)([CH2]CCCCC)[O]CC. The first-order valence-corrected chi connectivity index (χ1v) is 27.8. The van der Waals surface area contributed by atoms with Gasteiger partial charge in [-0.15, -0.1) is 0 Å². The average molecular weight is 697 g/mol. The Hall–Kier alpha value is 1.32. The van der Waals surface area contributed by atoms with E-state index < -0.39 is 38.3 Å². The first kappa shape index (κ1) is 34.3. The van der Waals surface area contributed by atoms with Crippen molar-refractivity contribution in [2.24, 2.45) is 3.21 Å². The molecule has 0 rings (SSSR count). The van der Waals surface area contributed by atoms with Crippen molar-refractivity contribution in [1.82, 2.24) is 0 Å². The zero-order chi connectivity index (χ0) is 24.7. The van der Waals surface area contributed by atoms with Gasteiger partial charge in [0, 0.05) is 0 Å². The molecule has 33 heavy (non-hydrogen) atoms. The summed E-state index contributed by atoms with van der Waals surface area (Å²) in [6, 6.07) is 0. The molecule has 3 nitrogen and oxygen atoms in total. The van der Waals surface area contributed by atoms with E-state index in [0.29, 0.717) is 0 Å². The fraction of sp³-hybridized carbons (Fsp3) is 0.963. The summed E-state index contributed by atoms with van der Waals surface area (Å²) in [4.78, 5) is 0. The summed E-state index contributed by atoms with van der Waals surface area (Å²) in [7, 11) is 0. The van der Waals surface area contributed by atoms with Crippen molar-refractivity contribution < 1.29 is 4.49 Å². The molecule has 0 aromatic rings. The molecule has 196 valence electrons. The first-order valence-electron chi connectivity index (χ1n) is 14.5. The molecule has 0 radical (unpaired) electrons. The Morgan fingerprint density at radius 3 is 1.30 bits per heavy atom. The fourth-order valence-corrected chi connectivity index (χ4v) is 46.3. The molecule has 0 spiro atoms. The maximum atomic E-state index is 7.53. The van der Waals surface area contributed by atoms with Crippen LogP contribution < -0.4 is 0 Å². The van der Waals surface area contributed by atoms with Crippen LogP contribution >= 0.6 is 12.2 Å². The van der Waals surface area contributed by atoms with Crippen molar-refractivity contribution in [3.8, 4) is 0 Å². The van der Waals surface area contributed by atoms with E-state index in [4.69, 9.17) is 19.9 Å². The van der Waals surface area contributed by atoms with Gasteiger partial charge in [-0.2, -0.15) is 0 Å². The number of nitrogens with zero attached hydrogens (tertiary/aromatic N) is 1. The molecule has 0 aliphatic rings. The van der Waals surface area contributed by atoms with Crippen LogP contribution in [-0.4, -0.2) is 50.0 Å². The fourth-order valence-electron chi connectivity index (χ4n) is 4.75. The first-order chi connectivity index (χ1) is 16.1. The zero-order valence-corrected chi connectivity index (χ0v) is 29.5. The van der Waals surface area contributed by atoms with Crippen LogP contribution in [0, 0.1) is 0 Å². The van der Waals surface area contributed by atoms with Gasteiger partial charge in [-0.1, -0.05) is 0 Å². The molecule has 0 aromatic heterocycles. The quantitative estimate of drug-likeness (QED) is 0.0412. The van der Waals surface area contributed by atoms with Gasteiger partial charge in [-0.25, -0.2) is 0 Å². The Kier molecular flexibility index (Phi) is 24.6. The minimum absolute atomic E-state index is 0.798. The van der Waals surface area contributed by atoms with Crippen molar-refractivity contribution in [2.45, 2.75) is 155 Å². The second-order valence-electron chi connectivity index (χ2n) is 9.84. The zero-order valence-electron chi connectivity index (χ0n) is 23.0. The van der Waals surface area contributed by atoms with Gasteiger partial charge in [-0.05, 0) is 0 Å². The van der Waals surface area contributed by atoms with E-state index in [1.807, 2.05) is 0 Å². The third-order valence-electron chi connectivity index (χ3n) is 6.70. The summed E-state index contributed by atoms with van der Waals surface area (Å²) in [6.45, 7) is 12.1. The van der Waals surface area contributed by atoms with Crippen molar-refractivity contribution in [3.63, 3.8) is 0 Å². The third-order valence-corrected chi connectivity index (χ3v) is 40.4. The Labute approximate surface area is 223 Å². The van der Waals surface area contributed by atoms with Gasteiger partial charge in [0.1, 0.15) is 0 Å². The Morgan fingerprint density at radius 2 is 0.970 bits per heavy atom. The maximum absolute atomic E-state index is 7.53. The van der Waals surface area contributed by atoms with Crippen LogP contribution in [0.15, 0.2) is 3.21 Å². The van der Waals surface area contributed by atoms with Crippen LogP contribution in [0.1, 0.15) is 137 Å². The molecule has 0 unspecified atom stereocenters. The van der Waals surface area contributed by atoms with Crippen LogP contribution in [0.25, 0.3) is 0 Å². The molecule has 6 heteroatoms. The van der Waals surface area contributed by atoms with Gasteiger partial charge >= 0.3 is 225 Å². The van der Waals surface area contributed by atoms with E-state index in [9.17, 15) is 0 Å². The number of rotatable bonds is 25. The molecule has 0 aliphatic heterocycles. The molecule has 0 bridgehead atoms. The molecule has 0 fully saturated rings. The Morgan fingerprint density at radius 1 is 0.576 bits per heavy atom. The van der Waals surface area contributed by atoms with Crippen molar-refractivity contribution in [1.29, 1.82) is 0 Å². The monoisotopic (exact) mass is 699 g/mol. The number of unbranched alkanes of at least 4 members (excludes halogenated alkanes) is 12. The van der Waals surface area contributed by atoms with E-state index in [1.165, 1.54) is 120 Å². The molecule has 0 aliphatic carbocycles. The molecular weight excluding hydrogens is 640 g/mol. The van der Waals surface area contributed by atoms with Crippen molar-refractivity contribution in [3.05, 3.63) is 0 Å². The third kappa shape index (κ3) is 17.4. The van der Waals surface area contributed by atoms with Crippen LogP contribution in [0.5, 0.6) is 0 Å². The molecule has 0 N–H and O–H groups in total. The molecule has 0 saturated heterocycles. The average Bonchev–Trinajstić information content (AvgIpc) is 2.81. The molecule has 0 atom stereocenters. The van der Waals surface area contributed by atoms with Crippen molar-refractivity contribution >= 4 is 55.6 Å². The number of hydrogen-bond donors (Lipinski definition) is 0. The predicted molar refractivity (Wildman–Crippen MR) is 155 cm³/mol. The van der Waals surface area contributed by atoms with Crippen LogP contribution in [0.4, 0.5) is 0 Å². The van der Waals surface area contributed by atoms with Crippen LogP contribution in [0.2, 0.25) is 17.7 Å². The Balaban J connectivity index is 5.75. The topological polar surface area (TPSA) is 30.8 Å². The summed E-state index contributed by atoms with van der Waals surface area (Å²) >= 11 is -1.25. The number of thiocarbonyl (C=S) groups is 1. The van der Waals surface area contributed by atoms with Gasteiger partial charge in [0.25, 0.3) is 0 Å². The van der Waals surface area contributed by atoms with Gasteiger partial charge < -0.3 is 0 Å². The summed E-state index contributed by atoms with van der Waals surface area (Å²) in [5.74, 6) is 0. The molecule has 0 amide bonds. The summed E-state index contributed by atoms with van der Waals surface area (Å²) in [5.41, 5.74) is 0. The second kappa shape index (κ2) is 23.7. The van der Waals surface area contributed by atoms with Crippen molar-refractivity contribution in [2.75, 3.05) is 6.61 Å². The van der Waals surface area contributed by atoms with Gasteiger partial charge in [0.05, 0.1) is 0 Å². The van der Waals surface area contributed by atoms with E-state index >= 15 is 0 Å². The van der Waals surface area contributed by atoms with Crippen LogP contribution in [-0.2, 0) is 4.49 Å². The van der Waals surface area contributed by atoms with Gasteiger partial charge in [-0.3, -0.25) is 0 Å². The summed E-state index contributed by atoms with van der Waals surface area (Å²) in [5, 5.41) is 2.86. The molecule has 0 aromatic carbocycles. The Bertz CT molecular complexity index is 463. The molecular formula is C27H57NO2SSn2. The van der Waals surface area contributed by atoms with E-state index in [-0.39, 0.29) is 0 Å². The van der Waals surface area contributed by atoms with E-state index in [0.717, 1.165) is 6.61 Å². The number of isothiocyanates is 1. The normalized spacial score (nSPS) is 12.2. The van der Waals surface area contributed by atoms with E-state index in [1.54, 1.807) is 0 Å². The standard InChI is InChI=1S/4C6H13.C2H5O.CNS.O.2Sn/c4*1-3-5-6-4-2;1-2-3;2-1-3;;;/h4*1,3-6H2,2H3;2H2,1H3;;;;/q;;;;2*-1;;2*+1. The van der Waals surface area contributed by atoms with Gasteiger partial charge in [0.2, 0.25) is 0 Å². The minimum atomic E-state index is -3.26.